The van der Waals surface area contributed by atoms with E-state index in [0.717, 1.165) is 44.3 Å². The lowest BCUT2D eigenvalue weighted by molar-refractivity contribution is 0.0579. The van der Waals surface area contributed by atoms with E-state index in [4.69, 9.17) is 19.7 Å². The molecule has 0 aliphatic heterocycles. The smallest absolute Gasteiger partial charge is 0.192 e. The number of hydrogen-bond acceptors (Lipinski definition) is 5. The minimum absolute atomic E-state index is 0.00370. The minimum atomic E-state index is -0.0118. The molecule has 29 heavy (non-hydrogen) atoms. The second kappa shape index (κ2) is 13.3. The maximum atomic E-state index is 12.8. The van der Waals surface area contributed by atoms with Gasteiger partial charge in [-0.2, -0.15) is 0 Å². The molecule has 0 spiro atoms. The molecule has 0 amide bonds. The van der Waals surface area contributed by atoms with Crippen molar-refractivity contribution in [3.8, 4) is 5.75 Å². The largest absolute Gasteiger partial charge is 0.494 e. The van der Waals surface area contributed by atoms with Gasteiger partial charge in [-0.05, 0) is 62.8 Å². The van der Waals surface area contributed by atoms with E-state index in [2.05, 4.69) is 6.92 Å². The molecule has 2 rings (SSSR count). The monoisotopic (exact) mass is 402 g/mol. The van der Waals surface area contributed by atoms with Crippen LogP contribution in [-0.2, 0) is 4.74 Å². The molecule has 0 saturated carbocycles. The molecule has 1 aromatic carbocycles. The van der Waals surface area contributed by atoms with E-state index in [0.29, 0.717) is 24.4 Å². The van der Waals surface area contributed by atoms with Crippen LogP contribution in [0.5, 0.6) is 5.75 Å². The molecule has 0 heterocycles. The van der Waals surface area contributed by atoms with Gasteiger partial charge in [0, 0.05) is 36.9 Å². The third kappa shape index (κ3) is 8.13. The van der Waals surface area contributed by atoms with Crippen LogP contribution in [0.4, 0.5) is 0 Å². The van der Waals surface area contributed by atoms with Crippen molar-refractivity contribution >= 4 is 5.78 Å². The molecule has 2 N–H and O–H groups in total. The summed E-state index contributed by atoms with van der Waals surface area (Å²) in [7, 11) is 0. The van der Waals surface area contributed by atoms with Crippen molar-refractivity contribution in [1.82, 2.24) is 0 Å². The van der Waals surface area contributed by atoms with Gasteiger partial charge in [0.05, 0.1) is 12.7 Å². The number of unbranched alkanes of at least 4 members (excludes halogenated alkanes) is 4. The first kappa shape index (κ1) is 23.3. The molecule has 0 saturated heterocycles. The molecular formula is C24H34O5. The van der Waals surface area contributed by atoms with Crippen LogP contribution in [0.25, 0.3) is 0 Å². The first-order chi connectivity index (χ1) is 14.2. The maximum Gasteiger partial charge on any atom is 0.192 e. The van der Waals surface area contributed by atoms with Gasteiger partial charge in [-0.25, -0.2) is 0 Å². The van der Waals surface area contributed by atoms with Crippen molar-refractivity contribution in [1.29, 1.82) is 0 Å². The number of benzene rings is 1. The van der Waals surface area contributed by atoms with Gasteiger partial charge in [-0.15, -0.1) is 0 Å². The van der Waals surface area contributed by atoms with E-state index >= 15 is 0 Å². The number of carbonyl (C=O) groups is 1. The number of hydrogen-bond donors (Lipinski definition) is 2. The number of aliphatic hydroxyl groups is 2. The molecule has 1 aliphatic carbocycles. The number of Topliss-reactive ketones (excluding diaryl/α,β-unsaturated/α-hetero) is 1. The Morgan fingerprint density at radius 3 is 2.21 bits per heavy atom. The van der Waals surface area contributed by atoms with Gasteiger partial charge in [0.25, 0.3) is 0 Å². The Morgan fingerprint density at radius 2 is 1.59 bits per heavy atom. The second-order valence-electron chi connectivity index (χ2n) is 7.45. The SMILES string of the molecule is CC1C=C(C(=O)c2ccc(OCCCCCO)cc2)C=CC1OCCCCCO. The van der Waals surface area contributed by atoms with Crippen LogP contribution in [0.1, 0.15) is 55.8 Å². The number of aliphatic hydroxyl groups excluding tert-OH is 2. The Kier molecular flexibility index (Phi) is 10.7. The fourth-order valence-corrected chi connectivity index (χ4v) is 3.23. The number of rotatable bonds is 14. The molecule has 1 aromatic rings. The van der Waals surface area contributed by atoms with E-state index in [1.165, 1.54) is 0 Å². The number of ether oxygens (including phenoxy) is 2. The van der Waals surface area contributed by atoms with Gasteiger partial charge in [0.15, 0.2) is 5.78 Å². The van der Waals surface area contributed by atoms with Crippen LogP contribution < -0.4 is 4.74 Å². The topological polar surface area (TPSA) is 76.0 Å². The standard InChI is InChI=1S/C24H34O5/c1-19-18-21(10-13-23(19)29-17-7-3-5-15-26)24(27)20-8-11-22(12-9-20)28-16-6-2-4-14-25/h8-13,18-19,23,25-26H,2-7,14-17H2,1H3. The lowest BCUT2D eigenvalue weighted by Gasteiger charge is -2.23. The first-order valence-corrected chi connectivity index (χ1v) is 10.7. The number of carbonyl (C=O) groups excluding carboxylic acids is 1. The highest BCUT2D eigenvalue weighted by Crippen LogP contribution is 2.23. The average Bonchev–Trinajstić information content (AvgIpc) is 2.74. The lowest BCUT2D eigenvalue weighted by Crippen LogP contribution is -2.22. The molecule has 0 radical (unpaired) electrons. The first-order valence-electron chi connectivity index (χ1n) is 10.7. The molecular weight excluding hydrogens is 368 g/mol. The third-order valence-corrected chi connectivity index (χ3v) is 4.99. The van der Waals surface area contributed by atoms with Crippen molar-refractivity contribution in [2.24, 2.45) is 5.92 Å². The molecule has 160 valence electrons. The summed E-state index contributed by atoms with van der Waals surface area (Å²) in [5.41, 5.74) is 1.33. The Balaban J connectivity index is 1.81. The van der Waals surface area contributed by atoms with Crippen LogP contribution >= 0.6 is 0 Å². The molecule has 5 nitrogen and oxygen atoms in total. The van der Waals surface area contributed by atoms with Crippen molar-refractivity contribution in [3.63, 3.8) is 0 Å². The van der Waals surface area contributed by atoms with Crippen LogP contribution in [0.3, 0.4) is 0 Å². The van der Waals surface area contributed by atoms with E-state index in [9.17, 15) is 4.79 Å². The molecule has 0 aromatic heterocycles. The zero-order valence-electron chi connectivity index (χ0n) is 17.4. The fraction of sp³-hybridized carbons (Fsp3) is 0.542. The summed E-state index contributed by atoms with van der Waals surface area (Å²) in [6, 6.07) is 7.26. The van der Waals surface area contributed by atoms with Crippen LogP contribution in [0.2, 0.25) is 0 Å². The fourth-order valence-electron chi connectivity index (χ4n) is 3.23. The van der Waals surface area contributed by atoms with Gasteiger partial charge in [-0.3, -0.25) is 4.79 Å². The summed E-state index contributed by atoms with van der Waals surface area (Å²) >= 11 is 0. The van der Waals surface area contributed by atoms with Gasteiger partial charge in [-0.1, -0.05) is 25.2 Å². The zero-order valence-corrected chi connectivity index (χ0v) is 17.4. The summed E-state index contributed by atoms with van der Waals surface area (Å²) in [5, 5.41) is 17.6. The van der Waals surface area contributed by atoms with Crippen molar-refractivity contribution < 1.29 is 24.5 Å². The Labute approximate surface area is 174 Å². The van der Waals surface area contributed by atoms with Gasteiger partial charge < -0.3 is 19.7 Å². The summed E-state index contributed by atoms with van der Waals surface area (Å²) in [6.07, 6.45) is 11.1. The van der Waals surface area contributed by atoms with Crippen molar-refractivity contribution in [2.75, 3.05) is 26.4 Å². The highest BCUT2D eigenvalue weighted by Gasteiger charge is 2.21. The van der Waals surface area contributed by atoms with Gasteiger partial charge >= 0.3 is 0 Å². The maximum absolute atomic E-state index is 12.8. The molecule has 0 fully saturated rings. The summed E-state index contributed by atoms with van der Waals surface area (Å²) in [5.74, 6) is 0.893. The second-order valence-corrected chi connectivity index (χ2v) is 7.45. The number of ketones is 1. The summed E-state index contributed by atoms with van der Waals surface area (Å²) < 4.78 is 11.6. The zero-order chi connectivity index (χ0) is 20.9. The van der Waals surface area contributed by atoms with Crippen LogP contribution in [-0.4, -0.2) is 48.5 Å². The van der Waals surface area contributed by atoms with E-state index in [-0.39, 0.29) is 31.0 Å². The highest BCUT2D eigenvalue weighted by molar-refractivity contribution is 6.10. The molecule has 2 unspecified atom stereocenters. The van der Waals surface area contributed by atoms with Gasteiger partial charge in [0.1, 0.15) is 5.75 Å². The average molecular weight is 403 g/mol. The molecule has 1 aliphatic rings. The predicted molar refractivity (Wildman–Crippen MR) is 114 cm³/mol. The van der Waals surface area contributed by atoms with Crippen molar-refractivity contribution in [3.05, 3.63) is 53.6 Å². The predicted octanol–water partition coefficient (Wildman–Crippen LogP) is 4.09. The molecule has 0 bridgehead atoms. The Hall–Kier alpha value is -1.95. The van der Waals surface area contributed by atoms with E-state index < -0.39 is 0 Å². The molecule has 2 atom stereocenters. The normalized spacial score (nSPS) is 18.5. The van der Waals surface area contributed by atoms with Crippen LogP contribution in [0, 0.1) is 5.92 Å². The highest BCUT2D eigenvalue weighted by atomic mass is 16.5. The van der Waals surface area contributed by atoms with Gasteiger partial charge in [0.2, 0.25) is 0 Å². The lowest BCUT2D eigenvalue weighted by atomic mass is 9.91. The van der Waals surface area contributed by atoms with Crippen molar-refractivity contribution in [2.45, 2.75) is 51.6 Å². The Morgan fingerprint density at radius 1 is 0.931 bits per heavy atom. The molecule has 5 heteroatoms. The van der Waals surface area contributed by atoms with E-state index in [1.807, 2.05) is 30.4 Å². The summed E-state index contributed by atoms with van der Waals surface area (Å²) in [6.45, 7) is 3.78. The number of allylic oxidation sites excluding steroid dienone is 2. The van der Waals surface area contributed by atoms with E-state index in [1.54, 1.807) is 12.1 Å². The minimum Gasteiger partial charge on any atom is -0.494 e. The Bertz CT molecular complexity index is 662. The third-order valence-electron chi connectivity index (χ3n) is 4.99. The van der Waals surface area contributed by atoms with Crippen LogP contribution in [0.15, 0.2) is 48.1 Å². The quantitative estimate of drug-likeness (QED) is 0.362. The summed E-state index contributed by atoms with van der Waals surface area (Å²) in [4.78, 5) is 12.8.